The summed E-state index contributed by atoms with van der Waals surface area (Å²) in [6, 6.07) is 14.2. The number of aliphatic hydroxyl groups excluding tert-OH is 2. The average Bonchev–Trinajstić information content (AvgIpc) is 3.52. The van der Waals surface area contributed by atoms with Crippen molar-refractivity contribution in [3.63, 3.8) is 0 Å². The predicted molar refractivity (Wildman–Crippen MR) is 151 cm³/mol. The molecule has 0 radical (unpaired) electrons. The summed E-state index contributed by atoms with van der Waals surface area (Å²) in [6.07, 6.45) is 2.56. The molecule has 1 aliphatic rings. The van der Waals surface area contributed by atoms with Crippen molar-refractivity contribution in [2.24, 2.45) is 0 Å². The highest BCUT2D eigenvalue weighted by molar-refractivity contribution is 5.84. The second-order valence-electron chi connectivity index (χ2n) is 9.95. The van der Waals surface area contributed by atoms with Crippen molar-refractivity contribution < 1.29 is 24.1 Å². The van der Waals surface area contributed by atoms with Crippen LogP contribution in [0.2, 0.25) is 0 Å². The lowest BCUT2D eigenvalue weighted by molar-refractivity contribution is -0.0682. The van der Waals surface area contributed by atoms with Gasteiger partial charge in [-0.1, -0.05) is 49.4 Å². The molecule has 10 heteroatoms. The molecule has 2 aromatic heterocycles. The number of fused-ring (bicyclic) bond motifs is 2. The van der Waals surface area contributed by atoms with E-state index in [2.05, 4.69) is 33.2 Å². The van der Waals surface area contributed by atoms with Crippen LogP contribution in [0.3, 0.4) is 0 Å². The van der Waals surface area contributed by atoms with Gasteiger partial charge >= 0.3 is 0 Å². The Hall–Kier alpha value is -3.70. The topological polar surface area (TPSA) is 106 Å². The largest absolute Gasteiger partial charge is 0.387 e. The molecule has 0 unspecified atom stereocenters. The molecular formula is C30H34FN5O4. The number of allylic oxidation sites excluding steroid dienone is 3. The summed E-state index contributed by atoms with van der Waals surface area (Å²) in [7, 11) is 1.85. The third-order valence-corrected chi connectivity index (χ3v) is 7.19. The van der Waals surface area contributed by atoms with E-state index in [1.807, 2.05) is 43.1 Å². The zero-order valence-electron chi connectivity index (χ0n) is 22.8. The molecular weight excluding hydrogens is 513 g/mol. The van der Waals surface area contributed by atoms with Crippen LogP contribution in [0, 0.1) is 0 Å². The van der Waals surface area contributed by atoms with E-state index >= 15 is 0 Å². The number of halogens is 1. The number of aromatic nitrogens is 4. The minimum absolute atomic E-state index is 0.103. The highest BCUT2D eigenvalue weighted by Crippen LogP contribution is 2.33. The van der Waals surface area contributed by atoms with Gasteiger partial charge in [0, 0.05) is 13.6 Å². The fourth-order valence-electron chi connectivity index (χ4n) is 4.94. The zero-order valence-corrected chi connectivity index (χ0v) is 22.8. The Kier molecular flexibility index (Phi) is 8.51. The van der Waals surface area contributed by atoms with E-state index < -0.39 is 24.5 Å². The molecule has 4 aromatic rings. The van der Waals surface area contributed by atoms with Gasteiger partial charge in [-0.15, -0.1) is 0 Å². The molecule has 0 bridgehead atoms. The van der Waals surface area contributed by atoms with Crippen molar-refractivity contribution in [2.75, 3.05) is 25.1 Å². The highest BCUT2D eigenvalue weighted by atomic mass is 19.1. The van der Waals surface area contributed by atoms with Crippen LogP contribution in [-0.2, 0) is 16.1 Å². The Morgan fingerprint density at radius 2 is 1.93 bits per heavy atom. The van der Waals surface area contributed by atoms with Gasteiger partial charge in [0.25, 0.3) is 0 Å². The lowest BCUT2D eigenvalue weighted by atomic mass is 10.1. The molecule has 2 aromatic carbocycles. The minimum Gasteiger partial charge on any atom is -0.387 e. The standard InChI is InChI=1S/C30H34FN5O4/c1-4-19(13-23(31)5-2)14-35(3)28-25-29(33-17-32-28)36(18-34-25)30-27(38)26(37)24(40-30)16-39-15-20-10-11-21-8-6-7-9-22(21)12-20/h5-13,17-18,24,26-27,30,37-38H,4,14-16H2,1-3H3/b19-13+,23-5+/t24-,26-,27-,30-/m1/s1. The molecule has 2 N–H and O–H groups in total. The van der Waals surface area contributed by atoms with Crippen molar-refractivity contribution in [1.82, 2.24) is 19.5 Å². The SMILES string of the molecule is C/C=C(F)\C=C(/CC)CN(C)c1ncnc2c1ncn2[C@@H]1O[C@H](COCc2ccc3ccccc3c2)[C@@H](O)[C@H]1O. The van der Waals surface area contributed by atoms with Crippen molar-refractivity contribution in [2.45, 2.75) is 51.4 Å². The normalized spacial score (nSPS) is 21.9. The van der Waals surface area contributed by atoms with Gasteiger partial charge in [-0.05, 0) is 47.4 Å². The second-order valence-corrected chi connectivity index (χ2v) is 9.95. The van der Waals surface area contributed by atoms with Gasteiger partial charge < -0.3 is 24.6 Å². The molecule has 0 spiro atoms. The van der Waals surface area contributed by atoms with Crippen LogP contribution in [-0.4, -0.2) is 68.2 Å². The molecule has 0 saturated carbocycles. The summed E-state index contributed by atoms with van der Waals surface area (Å²) < 4.78 is 27.3. The molecule has 1 aliphatic heterocycles. The molecule has 0 amide bonds. The maximum atomic E-state index is 13.8. The van der Waals surface area contributed by atoms with Gasteiger partial charge in [-0.2, -0.15) is 0 Å². The number of nitrogens with zero attached hydrogens (tertiary/aromatic N) is 5. The summed E-state index contributed by atoms with van der Waals surface area (Å²) in [5.74, 6) is 0.274. The van der Waals surface area contributed by atoms with Crippen LogP contribution < -0.4 is 4.90 Å². The highest BCUT2D eigenvalue weighted by Gasteiger charge is 2.44. The lowest BCUT2D eigenvalue weighted by Gasteiger charge is -2.20. The fraction of sp³-hybridized carbons (Fsp3) is 0.367. The van der Waals surface area contributed by atoms with E-state index in [1.165, 1.54) is 24.8 Å². The first kappa shape index (κ1) is 27.9. The Balaban J connectivity index is 1.28. The zero-order chi connectivity index (χ0) is 28.2. The molecule has 1 fully saturated rings. The van der Waals surface area contributed by atoms with Gasteiger partial charge in [0.1, 0.15) is 30.5 Å². The van der Waals surface area contributed by atoms with Crippen LogP contribution in [0.4, 0.5) is 10.2 Å². The third kappa shape index (κ3) is 5.75. The third-order valence-electron chi connectivity index (χ3n) is 7.19. The minimum atomic E-state index is -1.21. The van der Waals surface area contributed by atoms with Crippen LogP contribution in [0.25, 0.3) is 21.9 Å². The molecule has 1 saturated heterocycles. The Bertz CT molecular complexity index is 1540. The van der Waals surface area contributed by atoms with Crippen LogP contribution in [0.15, 0.2) is 78.7 Å². The van der Waals surface area contributed by atoms with Crippen LogP contribution >= 0.6 is 0 Å². The first-order valence-electron chi connectivity index (χ1n) is 13.4. The molecule has 9 nitrogen and oxygen atoms in total. The van der Waals surface area contributed by atoms with Crippen LogP contribution in [0.5, 0.6) is 0 Å². The summed E-state index contributed by atoms with van der Waals surface area (Å²) >= 11 is 0. The number of rotatable bonds is 10. The number of hydrogen-bond donors (Lipinski definition) is 2. The summed E-state index contributed by atoms with van der Waals surface area (Å²) in [4.78, 5) is 15.1. The number of imidazole rings is 1. The summed E-state index contributed by atoms with van der Waals surface area (Å²) in [5, 5.41) is 23.9. The predicted octanol–water partition coefficient (Wildman–Crippen LogP) is 4.46. The van der Waals surface area contributed by atoms with Crippen molar-refractivity contribution in [3.05, 3.63) is 84.2 Å². The maximum Gasteiger partial charge on any atom is 0.167 e. The van der Waals surface area contributed by atoms with Crippen molar-refractivity contribution in [1.29, 1.82) is 0 Å². The Morgan fingerprint density at radius 3 is 2.70 bits per heavy atom. The fourth-order valence-corrected chi connectivity index (χ4v) is 4.94. The summed E-state index contributed by atoms with van der Waals surface area (Å²) in [5.41, 5.74) is 2.86. The smallest absolute Gasteiger partial charge is 0.167 e. The van der Waals surface area contributed by atoms with Gasteiger partial charge in [-0.25, -0.2) is 19.3 Å². The first-order chi connectivity index (χ1) is 19.4. The van der Waals surface area contributed by atoms with Gasteiger partial charge in [-0.3, -0.25) is 4.57 Å². The number of benzene rings is 2. The van der Waals surface area contributed by atoms with Gasteiger partial charge in [0.05, 0.1) is 19.5 Å². The Morgan fingerprint density at radius 1 is 1.12 bits per heavy atom. The molecule has 3 heterocycles. The molecule has 4 atom stereocenters. The number of likely N-dealkylation sites (N-methyl/N-ethyl adjacent to an activating group) is 1. The lowest BCUT2D eigenvalue weighted by Crippen LogP contribution is -2.33. The van der Waals surface area contributed by atoms with Crippen molar-refractivity contribution in [3.8, 4) is 0 Å². The van der Waals surface area contributed by atoms with Gasteiger partial charge in [0.15, 0.2) is 23.2 Å². The van der Waals surface area contributed by atoms with E-state index in [-0.39, 0.29) is 12.4 Å². The Labute approximate surface area is 232 Å². The van der Waals surface area contributed by atoms with Crippen LogP contribution in [0.1, 0.15) is 32.1 Å². The number of anilines is 1. The van der Waals surface area contributed by atoms with Gasteiger partial charge in [0.2, 0.25) is 0 Å². The molecule has 40 heavy (non-hydrogen) atoms. The molecule has 5 rings (SSSR count). The second kappa shape index (κ2) is 12.2. The first-order valence-corrected chi connectivity index (χ1v) is 13.4. The number of aliphatic hydroxyl groups is 2. The van der Waals surface area contributed by atoms with E-state index in [0.29, 0.717) is 36.6 Å². The average molecular weight is 548 g/mol. The summed E-state index contributed by atoms with van der Waals surface area (Å²) in [6.45, 7) is 4.53. The van der Waals surface area contributed by atoms with E-state index in [0.717, 1.165) is 21.9 Å². The van der Waals surface area contributed by atoms with E-state index in [1.54, 1.807) is 11.5 Å². The number of ether oxygens (including phenoxy) is 2. The molecule has 0 aliphatic carbocycles. The van der Waals surface area contributed by atoms with E-state index in [4.69, 9.17) is 9.47 Å². The number of hydrogen-bond acceptors (Lipinski definition) is 8. The van der Waals surface area contributed by atoms with E-state index in [9.17, 15) is 14.6 Å². The molecule has 210 valence electrons. The maximum absolute atomic E-state index is 13.8. The quantitative estimate of drug-likeness (QED) is 0.281. The van der Waals surface area contributed by atoms with Crippen molar-refractivity contribution >= 4 is 27.8 Å². The monoisotopic (exact) mass is 547 g/mol.